The van der Waals surface area contributed by atoms with Crippen molar-refractivity contribution in [2.45, 2.75) is 18.9 Å². The molecule has 110 valence electrons. The zero-order chi connectivity index (χ0) is 14.8. The average Bonchev–Trinajstić information content (AvgIpc) is 3.04. The first-order valence-electron chi connectivity index (χ1n) is 7.02. The van der Waals surface area contributed by atoms with Gasteiger partial charge in [-0.25, -0.2) is 8.78 Å². The molecular formula is C16H16F2N2O. The molecule has 2 heterocycles. The molecule has 0 radical (unpaired) electrons. The summed E-state index contributed by atoms with van der Waals surface area (Å²) >= 11 is 0. The van der Waals surface area contributed by atoms with Crippen LogP contribution in [-0.4, -0.2) is 28.5 Å². The van der Waals surface area contributed by atoms with Crippen LogP contribution in [0.5, 0.6) is 0 Å². The van der Waals surface area contributed by atoms with Gasteiger partial charge in [0.15, 0.2) is 11.6 Å². The normalized spacial score (nSPS) is 16.2. The van der Waals surface area contributed by atoms with Crippen molar-refractivity contribution in [2.75, 3.05) is 13.1 Å². The molecule has 0 saturated carbocycles. The fourth-order valence-electron chi connectivity index (χ4n) is 2.77. The lowest BCUT2D eigenvalue weighted by Crippen LogP contribution is -2.39. The minimum absolute atomic E-state index is 0.202. The van der Waals surface area contributed by atoms with Crippen LogP contribution in [0.25, 0.3) is 0 Å². The van der Waals surface area contributed by atoms with Crippen LogP contribution in [0, 0.1) is 11.6 Å². The van der Waals surface area contributed by atoms with Gasteiger partial charge in [-0.05, 0) is 43.2 Å². The molecule has 21 heavy (non-hydrogen) atoms. The highest BCUT2D eigenvalue weighted by atomic mass is 19.2. The van der Waals surface area contributed by atoms with Crippen LogP contribution in [0.3, 0.4) is 0 Å². The summed E-state index contributed by atoms with van der Waals surface area (Å²) in [5.74, 6) is -2.15. The van der Waals surface area contributed by atoms with Gasteiger partial charge in [0.1, 0.15) is 0 Å². The number of piperidine rings is 1. The van der Waals surface area contributed by atoms with E-state index in [2.05, 4.69) is 4.57 Å². The van der Waals surface area contributed by atoms with Crippen LogP contribution in [0.15, 0.2) is 42.7 Å². The molecule has 1 aromatic heterocycles. The van der Waals surface area contributed by atoms with Gasteiger partial charge in [-0.1, -0.05) is 0 Å². The third kappa shape index (κ3) is 2.82. The van der Waals surface area contributed by atoms with Crippen molar-refractivity contribution in [3.05, 3.63) is 59.9 Å². The first-order chi connectivity index (χ1) is 10.1. The number of halogens is 2. The van der Waals surface area contributed by atoms with Crippen LogP contribution in [0.2, 0.25) is 0 Å². The quantitative estimate of drug-likeness (QED) is 0.833. The number of carbonyl (C=O) groups excluding carboxylic acids is 1. The zero-order valence-electron chi connectivity index (χ0n) is 11.5. The third-order valence-corrected chi connectivity index (χ3v) is 3.97. The van der Waals surface area contributed by atoms with Crippen LogP contribution >= 0.6 is 0 Å². The summed E-state index contributed by atoms with van der Waals surface area (Å²) in [4.78, 5) is 14.0. The highest BCUT2D eigenvalue weighted by Gasteiger charge is 2.24. The molecule has 0 atom stereocenters. The molecule has 0 unspecified atom stereocenters. The maximum absolute atomic E-state index is 13.2. The minimum Gasteiger partial charge on any atom is -0.351 e. The maximum atomic E-state index is 13.2. The Morgan fingerprint density at radius 1 is 1.05 bits per heavy atom. The van der Waals surface area contributed by atoms with Crippen LogP contribution in [0.4, 0.5) is 8.78 Å². The molecule has 0 bridgehead atoms. The number of benzene rings is 1. The van der Waals surface area contributed by atoms with Gasteiger partial charge in [-0.15, -0.1) is 0 Å². The number of rotatable bonds is 2. The Hall–Kier alpha value is -2.17. The van der Waals surface area contributed by atoms with Crippen LogP contribution < -0.4 is 0 Å². The summed E-state index contributed by atoms with van der Waals surface area (Å²) < 4.78 is 28.3. The van der Waals surface area contributed by atoms with Gasteiger partial charge in [0.25, 0.3) is 5.91 Å². The second kappa shape index (κ2) is 5.68. The summed E-state index contributed by atoms with van der Waals surface area (Å²) in [5.41, 5.74) is 0.202. The van der Waals surface area contributed by atoms with E-state index in [1.807, 2.05) is 24.5 Å². The molecule has 1 fully saturated rings. The average molecular weight is 290 g/mol. The summed E-state index contributed by atoms with van der Waals surface area (Å²) in [6.45, 7) is 1.25. The summed E-state index contributed by atoms with van der Waals surface area (Å²) in [5, 5.41) is 0. The predicted molar refractivity (Wildman–Crippen MR) is 75.0 cm³/mol. The van der Waals surface area contributed by atoms with Crippen molar-refractivity contribution in [1.29, 1.82) is 0 Å². The van der Waals surface area contributed by atoms with Crippen molar-refractivity contribution >= 4 is 5.91 Å². The molecule has 2 aromatic rings. The van der Waals surface area contributed by atoms with Gasteiger partial charge in [0.05, 0.1) is 0 Å². The molecule has 5 heteroatoms. The number of carbonyl (C=O) groups is 1. The topological polar surface area (TPSA) is 25.2 Å². The molecule has 0 spiro atoms. The van der Waals surface area contributed by atoms with Crippen molar-refractivity contribution in [1.82, 2.24) is 9.47 Å². The molecule has 1 aromatic carbocycles. The van der Waals surface area contributed by atoms with Crippen LogP contribution in [-0.2, 0) is 0 Å². The summed E-state index contributed by atoms with van der Waals surface area (Å²) in [6.07, 6.45) is 5.78. The van der Waals surface area contributed by atoms with E-state index in [1.165, 1.54) is 6.07 Å². The zero-order valence-corrected chi connectivity index (χ0v) is 11.5. The molecule has 0 N–H and O–H groups in total. The SMILES string of the molecule is O=C(c1ccc(F)c(F)c1)N1CCC(n2cccc2)CC1. The highest BCUT2D eigenvalue weighted by molar-refractivity contribution is 5.94. The first kappa shape index (κ1) is 13.8. The lowest BCUT2D eigenvalue weighted by Gasteiger charge is -2.32. The summed E-state index contributed by atoms with van der Waals surface area (Å²) in [7, 11) is 0. The second-order valence-electron chi connectivity index (χ2n) is 5.28. The highest BCUT2D eigenvalue weighted by Crippen LogP contribution is 2.23. The lowest BCUT2D eigenvalue weighted by atomic mass is 10.0. The second-order valence-corrected chi connectivity index (χ2v) is 5.28. The van der Waals surface area contributed by atoms with E-state index in [1.54, 1.807) is 4.90 Å². The smallest absolute Gasteiger partial charge is 0.253 e. The molecule has 3 rings (SSSR count). The van der Waals surface area contributed by atoms with Gasteiger partial charge in [0, 0.05) is 37.1 Å². The van der Waals surface area contributed by atoms with Crippen molar-refractivity contribution in [2.24, 2.45) is 0 Å². The van der Waals surface area contributed by atoms with Gasteiger partial charge in [-0.3, -0.25) is 4.79 Å². The molecule has 1 aliphatic heterocycles. The van der Waals surface area contributed by atoms with E-state index in [0.717, 1.165) is 25.0 Å². The van der Waals surface area contributed by atoms with Gasteiger partial charge in [0.2, 0.25) is 0 Å². The van der Waals surface area contributed by atoms with E-state index in [9.17, 15) is 13.6 Å². The van der Waals surface area contributed by atoms with Gasteiger partial charge >= 0.3 is 0 Å². The molecule has 1 aliphatic rings. The van der Waals surface area contributed by atoms with E-state index < -0.39 is 11.6 Å². The Labute approximate surface area is 121 Å². The van der Waals surface area contributed by atoms with Crippen molar-refractivity contribution in [3.63, 3.8) is 0 Å². The fraction of sp³-hybridized carbons (Fsp3) is 0.312. The number of aromatic nitrogens is 1. The molecule has 1 saturated heterocycles. The van der Waals surface area contributed by atoms with E-state index in [4.69, 9.17) is 0 Å². The Kier molecular flexibility index (Phi) is 3.73. The lowest BCUT2D eigenvalue weighted by molar-refractivity contribution is 0.0694. The summed E-state index contributed by atoms with van der Waals surface area (Å²) in [6, 6.07) is 7.66. The predicted octanol–water partition coefficient (Wildman–Crippen LogP) is 3.24. The Bertz CT molecular complexity index is 632. The first-order valence-corrected chi connectivity index (χ1v) is 7.02. The van der Waals surface area contributed by atoms with Crippen molar-refractivity contribution in [3.8, 4) is 0 Å². The van der Waals surface area contributed by atoms with Crippen LogP contribution in [0.1, 0.15) is 29.2 Å². The number of amides is 1. The fourth-order valence-corrected chi connectivity index (χ4v) is 2.77. The Balaban J connectivity index is 1.66. The van der Waals surface area contributed by atoms with E-state index in [0.29, 0.717) is 19.1 Å². The molecule has 3 nitrogen and oxygen atoms in total. The van der Waals surface area contributed by atoms with Crippen molar-refractivity contribution < 1.29 is 13.6 Å². The minimum atomic E-state index is -0.983. The Morgan fingerprint density at radius 2 is 1.71 bits per heavy atom. The van der Waals surface area contributed by atoms with Gasteiger partial charge in [-0.2, -0.15) is 0 Å². The number of nitrogens with zero attached hydrogens (tertiary/aromatic N) is 2. The molecular weight excluding hydrogens is 274 g/mol. The number of hydrogen-bond donors (Lipinski definition) is 0. The van der Waals surface area contributed by atoms with E-state index >= 15 is 0 Å². The maximum Gasteiger partial charge on any atom is 0.253 e. The number of hydrogen-bond acceptors (Lipinski definition) is 1. The largest absolute Gasteiger partial charge is 0.351 e. The van der Waals surface area contributed by atoms with E-state index in [-0.39, 0.29) is 11.5 Å². The van der Waals surface area contributed by atoms with Gasteiger partial charge < -0.3 is 9.47 Å². The molecule has 1 amide bonds. The molecule has 0 aliphatic carbocycles. The monoisotopic (exact) mass is 290 g/mol. The third-order valence-electron chi connectivity index (χ3n) is 3.97. The standard InChI is InChI=1S/C16H16F2N2O/c17-14-4-3-12(11-15(14)18)16(21)20-9-5-13(6-10-20)19-7-1-2-8-19/h1-4,7-8,11,13H,5-6,9-10H2. The Morgan fingerprint density at radius 3 is 2.33 bits per heavy atom. The number of likely N-dealkylation sites (tertiary alicyclic amines) is 1.